The first-order chi connectivity index (χ1) is 9.79. The summed E-state index contributed by atoms with van der Waals surface area (Å²) in [5, 5.41) is 9.12. The lowest BCUT2D eigenvalue weighted by atomic mass is 10.3. The molecule has 0 aliphatic heterocycles. The average molecular weight is 316 g/mol. The summed E-state index contributed by atoms with van der Waals surface area (Å²) in [6, 6.07) is -0.248. The number of aryl methyl sites for hydroxylation is 2. The van der Waals surface area contributed by atoms with Gasteiger partial charge in [-0.2, -0.15) is 4.98 Å². The predicted molar refractivity (Wildman–Crippen MR) is 81.5 cm³/mol. The number of hydrogen-bond donors (Lipinski definition) is 2. The quantitative estimate of drug-likeness (QED) is 0.736. The molecule has 1 aromatic rings. The third kappa shape index (κ3) is 7.22. The molecule has 1 atom stereocenters. The van der Waals surface area contributed by atoms with Crippen molar-refractivity contribution in [2.75, 3.05) is 18.8 Å². The Hall–Kier alpha value is -1.44. The number of aromatic nitrogens is 2. The molecule has 21 heavy (non-hydrogen) atoms. The number of nitrogens with zero attached hydrogens (tertiary/aromatic N) is 2. The molecule has 0 saturated carbocycles. The Morgan fingerprint density at radius 1 is 1.29 bits per heavy atom. The molecule has 1 aromatic heterocycles. The highest BCUT2D eigenvalue weighted by molar-refractivity contribution is 7.86. The van der Waals surface area contributed by atoms with Crippen LogP contribution in [0.1, 0.15) is 38.9 Å². The van der Waals surface area contributed by atoms with Crippen molar-refractivity contribution in [3.63, 3.8) is 0 Å². The molecule has 0 spiro atoms. The zero-order chi connectivity index (χ0) is 15.9. The van der Waals surface area contributed by atoms with Crippen molar-refractivity contribution in [1.82, 2.24) is 20.8 Å². The molecular formula is C13H24N4O3S. The second-order valence-electron chi connectivity index (χ2n) is 5.68. The van der Waals surface area contributed by atoms with Crippen molar-refractivity contribution in [2.24, 2.45) is 0 Å². The molecule has 2 amide bonds. The van der Waals surface area contributed by atoms with Gasteiger partial charge in [-0.05, 0) is 34.1 Å². The van der Waals surface area contributed by atoms with Crippen molar-refractivity contribution < 1.29 is 13.5 Å². The van der Waals surface area contributed by atoms with Crippen LogP contribution in [0, 0.1) is 6.92 Å². The van der Waals surface area contributed by atoms with Gasteiger partial charge in [-0.1, -0.05) is 5.16 Å². The van der Waals surface area contributed by atoms with E-state index in [-0.39, 0.29) is 10.8 Å². The van der Waals surface area contributed by atoms with Crippen LogP contribution in [0.3, 0.4) is 0 Å². The topological polar surface area (TPSA) is 97.1 Å². The van der Waals surface area contributed by atoms with Crippen molar-refractivity contribution in [3.05, 3.63) is 11.7 Å². The zero-order valence-electron chi connectivity index (χ0n) is 13.1. The predicted octanol–water partition coefficient (Wildman–Crippen LogP) is 1.16. The highest BCUT2D eigenvalue weighted by atomic mass is 32.2. The van der Waals surface area contributed by atoms with Crippen molar-refractivity contribution >= 4 is 16.8 Å². The van der Waals surface area contributed by atoms with Crippen LogP contribution in [-0.4, -0.2) is 44.0 Å². The van der Waals surface area contributed by atoms with Crippen LogP contribution in [-0.2, 0) is 17.2 Å². The van der Waals surface area contributed by atoms with Crippen LogP contribution in [0.15, 0.2) is 4.52 Å². The minimum Gasteiger partial charge on any atom is -0.339 e. The molecule has 1 unspecified atom stereocenters. The van der Waals surface area contributed by atoms with E-state index in [1.807, 2.05) is 20.8 Å². The normalized spacial score (nSPS) is 13.0. The summed E-state index contributed by atoms with van der Waals surface area (Å²) < 4.78 is 16.5. The van der Waals surface area contributed by atoms with Gasteiger partial charge in [0.25, 0.3) is 0 Å². The van der Waals surface area contributed by atoms with E-state index in [1.165, 1.54) is 0 Å². The van der Waals surface area contributed by atoms with E-state index in [2.05, 4.69) is 20.8 Å². The van der Waals surface area contributed by atoms with Crippen LogP contribution >= 0.6 is 0 Å². The number of carbonyl (C=O) groups is 1. The Morgan fingerprint density at radius 3 is 2.52 bits per heavy atom. The molecule has 0 radical (unpaired) electrons. The molecule has 0 aromatic carbocycles. The first-order valence-corrected chi connectivity index (χ1v) is 8.30. The summed E-state index contributed by atoms with van der Waals surface area (Å²) in [7, 11) is -0.954. The van der Waals surface area contributed by atoms with Crippen molar-refractivity contribution in [1.29, 1.82) is 0 Å². The fraction of sp³-hybridized carbons (Fsp3) is 0.769. The van der Waals surface area contributed by atoms with E-state index in [4.69, 9.17) is 4.52 Å². The Balaban J connectivity index is 2.08. The molecule has 0 fully saturated rings. The third-order valence-electron chi connectivity index (χ3n) is 2.68. The van der Waals surface area contributed by atoms with E-state index in [1.54, 1.807) is 6.92 Å². The molecular weight excluding hydrogens is 292 g/mol. The van der Waals surface area contributed by atoms with Gasteiger partial charge in [0.1, 0.15) is 0 Å². The highest BCUT2D eigenvalue weighted by Gasteiger charge is 2.18. The second-order valence-corrected chi connectivity index (χ2v) is 8.01. The Bertz CT molecular complexity index is 482. The van der Waals surface area contributed by atoms with Crippen LogP contribution in [0.4, 0.5) is 4.79 Å². The second kappa shape index (κ2) is 8.11. The van der Waals surface area contributed by atoms with Crippen LogP contribution in [0.5, 0.6) is 0 Å². The van der Waals surface area contributed by atoms with E-state index in [9.17, 15) is 9.00 Å². The van der Waals surface area contributed by atoms with Gasteiger partial charge in [0.05, 0.1) is 0 Å². The van der Waals surface area contributed by atoms with E-state index in [0.717, 1.165) is 6.42 Å². The summed E-state index contributed by atoms with van der Waals surface area (Å²) >= 11 is 0. The summed E-state index contributed by atoms with van der Waals surface area (Å²) in [5.74, 6) is 1.65. The molecule has 0 aliphatic rings. The first kappa shape index (κ1) is 17.6. The van der Waals surface area contributed by atoms with Crippen molar-refractivity contribution in [2.45, 2.75) is 45.3 Å². The van der Waals surface area contributed by atoms with E-state index < -0.39 is 10.8 Å². The molecule has 0 bridgehead atoms. The maximum absolute atomic E-state index is 11.8. The fourth-order valence-electron chi connectivity index (χ4n) is 1.51. The van der Waals surface area contributed by atoms with Gasteiger partial charge in [-0.25, -0.2) is 4.79 Å². The Morgan fingerprint density at radius 2 is 1.95 bits per heavy atom. The number of amides is 2. The average Bonchev–Trinajstić information content (AvgIpc) is 2.79. The molecule has 7 nitrogen and oxygen atoms in total. The molecule has 2 N–H and O–H groups in total. The monoisotopic (exact) mass is 316 g/mol. The molecule has 1 rings (SSSR count). The highest BCUT2D eigenvalue weighted by Crippen LogP contribution is 2.10. The maximum Gasteiger partial charge on any atom is 0.314 e. The number of nitrogens with one attached hydrogen (secondary N) is 2. The smallest absolute Gasteiger partial charge is 0.314 e. The molecule has 0 aliphatic carbocycles. The van der Waals surface area contributed by atoms with E-state index >= 15 is 0 Å². The fourth-order valence-corrected chi connectivity index (χ4v) is 2.41. The summed E-state index contributed by atoms with van der Waals surface area (Å²) in [5.41, 5.74) is 0. The Kier molecular flexibility index (Phi) is 6.80. The lowest BCUT2D eigenvalue weighted by molar-refractivity contribution is 0.241. The summed E-state index contributed by atoms with van der Waals surface area (Å²) in [4.78, 5) is 15.6. The molecule has 8 heteroatoms. The van der Waals surface area contributed by atoms with Gasteiger partial charge < -0.3 is 15.2 Å². The first-order valence-electron chi connectivity index (χ1n) is 6.98. The van der Waals surface area contributed by atoms with Gasteiger partial charge in [-0.15, -0.1) is 0 Å². The SMILES string of the molecule is Cc1noc(CCCNC(=O)NCCS(=O)C(C)(C)C)n1. The lowest BCUT2D eigenvalue weighted by Gasteiger charge is -2.17. The number of hydrogen-bond acceptors (Lipinski definition) is 5. The van der Waals surface area contributed by atoms with Gasteiger partial charge in [0, 0.05) is 40.8 Å². The number of carbonyl (C=O) groups excluding carboxylic acids is 1. The summed E-state index contributed by atoms with van der Waals surface area (Å²) in [6.45, 7) is 8.45. The van der Waals surface area contributed by atoms with Crippen LogP contribution in [0.2, 0.25) is 0 Å². The largest absolute Gasteiger partial charge is 0.339 e. The van der Waals surface area contributed by atoms with Gasteiger partial charge >= 0.3 is 6.03 Å². The van der Waals surface area contributed by atoms with Crippen LogP contribution in [0.25, 0.3) is 0 Å². The van der Waals surface area contributed by atoms with Gasteiger partial charge in [-0.3, -0.25) is 4.21 Å². The van der Waals surface area contributed by atoms with Gasteiger partial charge in [0.2, 0.25) is 5.89 Å². The molecule has 120 valence electrons. The number of rotatable bonds is 7. The third-order valence-corrected chi connectivity index (χ3v) is 4.62. The lowest BCUT2D eigenvalue weighted by Crippen LogP contribution is -2.39. The van der Waals surface area contributed by atoms with Crippen LogP contribution < -0.4 is 10.6 Å². The summed E-state index contributed by atoms with van der Waals surface area (Å²) in [6.07, 6.45) is 1.36. The van der Waals surface area contributed by atoms with Crippen molar-refractivity contribution in [3.8, 4) is 0 Å². The minimum absolute atomic E-state index is 0.248. The van der Waals surface area contributed by atoms with E-state index in [0.29, 0.717) is 37.0 Å². The Labute approximate surface area is 127 Å². The zero-order valence-corrected chi connectivity index (χ0v) is 13.9. The molecule has 1 heterocycles. The maximum atomic E-state index is 11.8. The molecule has 0 saturated heterocycles. The number of urea groups is 1. The minimum atomic E-state index is -0.954. The van der Waals surface area contributed by atoms with Gasteiger partial charge in [0.15, 0.2) is 5.82 Å². The standard InChI is InChI=1S/C13H24N4O3S/c1-10-16-11(20-17-10)6-5-7-14-12(18)15-8-9-21(19)13(2,3)4/h5-9H2,1-4H3,(H2,14,15,18).